The minimum absolute atomic E-state index is 0.0459. The second-order valence-electron chi connectivity index (χ2n) is 11.8. The van der Waals surface area contributed by atoms with Crippen LogP contribution in [0.15, 0.2) is 22.6 Å². The third kappa shape index (κ3) is 6.35. The molecule has 2 N–H and O–H groups in total. The number of hydrogen-bond donors (Lipinski definition) is 2. The minimum Gasteiger partial charge on any atom is -0.444 e. The maximum Gasteiger partial charge on any atom is 0.420 e. The number of fused-ring (bicyclic) bond motifs is 7. The first-order valence-electron chi connectivity index (χ1n) is 14.0. The van der Waals surface area contributed by atoms with Gasteiger partial charge in [0.15, 0.2) is 5.69 Å². The van der Waals surface area contributed by atoms with E-state index >= 15 is 0 Å². The molecule has 2 saturated heterocycles. The fourth-order valence-electron chi connectivity index (χ4n) is 5.79. The maximum absolute atomic E-state index is 14.5. The van der Waals surface area contributed by atoms with Crippen LogP contribution in [0, 0.1) is 5.92 Å². The van der Waals surface area contributed by atoms with Gasteiger partial charge in [-0.05, 0) is 71.8 Å². The Kier molecular flexibility index (Phi) is 8.03. The van der Waals surface area contributed by atoms with Gasteiger partial charge in [-0.3, -0.25) is 5.32 Å². The highest BCUT2D eigenvalue weighted by Gasteiger charge is 2.45. The van der Waals surface area contributed by atoms with Crippen LogP contribution in [-0.2, 0) is 21.3 Å². The van der Waals surface area contributed by atoms with Gasteiger partial charge in [0.2, 0.25) is 5.89 Å². The molecule has 1 amide bonds. The minimum atomic E-state index is -4.76. The van der Waals surface area contributed by atoms with E-state index in [9.17, 15) is 23.1 Å². The molecule has 1 unspecified atom stereocenters. The second kappa shape index (κ2) is 11.2. The van der Waals surface area contributed by atoms with E-state index in [1.54, 1.807) is 25.7 Å². The van der Waals surface area contributed by atoms with Crippen LogP contribution in [0.5, 0.6) is 0 Å². The molecule has 3 aliphatic rings. The largest absolute Gasteiger partial charge is 0.444 e. The number of anilines is 2. The van der Waals surface area contributed by atoms with E-state index in [1.807, 2.05) is 12.2 Å². The van der Waals surface area contributed by atoms with Crippen molar-refractivity contribution in [3.05, 3.63) is 29.7 Å². The summed E-state index contributed by atoms with van der Waals surface area (Å²) in [4.78, 5) is 18.8. The Morgan fingerprint density at radius 3 is 2.63 bits per heavy atom. The van der Waals surface area contributed by atoms with Crippen LogP contribution in [0.3, 0.4) is 0 Å². The van der Waals surface area contributed by atoms with Crippen molar-refractivity contribution in [1.29, 1.82) is 0 Å². The second-order valence-corrected chi connectivity index (χ2v) is 11.8. The van der Waals surface area contributed by atoms with Crippen molar-refractivity contribution >= 4 is 17.6 Å². The summed E-state index contributed by atoms with van der Waals surface area (Å²) in [7, 11) is 0. The fraction of sp³-hybridized carbons (Fsp3) is 0.643. The molecule has 13 heteroatoms. The zero-order chi connectivity index (χ0) is 29.4. The van der Waals surface area contributed by atoms with Gasteiger partial charge in [-0.25, -0.2) is 9.78 Å². The van der Waals surface area contributed by atoms with Crippen LogP contribution in [0.2, 0.25) is 0 Å². The van der Waals surface area contributed by atoms with Gasteiger partial charge >= 0.3 is 12.3 Å². The van der Waals surface area contributed by atoms with E-state index in [2.05, 4.69) is 20.5 Å². The summed E-state index contributed by atoms with van der Waals surface area (Å²) < 4.78 is 60.2. The third-order valence-electron chi connectivity index (χ3n) is 7.75. The van der Waals surface area contributed by atoms with Crippen molar-refractivity contribution in [2.75, 3.05) is 30.0 Å². The molecule has 0 radical (unpaired) electrons. The number of halogens is 3. The van der Waals surface area contributed by atoms with Gasteiger partial charge in [0.1, 0.15) is 22.6 Å². The Labute approximate surface area is 236 Å². The van der Waals surface area contributed by atoms with Gasteiger partial charge in [-0.2, -0.15) is 13.2 Å². The number of allylic oxidation sites excluding steroid dienone is 1. The predicted octanol–water partition coefficient (Wildman–Crippen LogP) is 5.82. The first kappa shape index (κ1) is 29.3. The molecule has 2 aromatic heterocycles. The van der Waals surface area contributed by atoms with E-state index < -0.39 is 29.0 Å². The Hall–Kier alpha value is -3.19. The van der Waals surface area contributed by atoms with Gasteiger partial charge in [0.05, 0.1) is 5.69 Å². The van der Waals surface area contributed by atoms with Crippen molar-refractivity contribution in [3.63, 3.8) is 0 Å². The number of aliphatic hydroxyl groups is 1. The summed E-state index contributed by atoms with van der Waals surface area (Å²) in [6.45, 7) is 6.28. The summed E-state index contributed by atoms with van der Waals surface area (Å²) in [5, 5.41) is 22.6. The summed E-state index contributed by atoms with van der Waals surface area (Å²) in [6, 6.07) is 0.639. The number of carbonyl (C=O) groups excluding carboxylic acids is 1. The topological polar surface area (TPSA) is 123 Å². The molecular weight excluding hydrogens is 543 g/mol. The zero-order valence-electron chi connectivity index (χ0n) is 23.5. The Bertz CT molecular complexity index is 1280. The maximum atomic E-state index is 14.5. The van der Waals surface area contributed by atoms with E-state index in [4.69, 9.17) is 13.9 Å². The molecule has 5 heterocycles. The molecule has 0 spiro atoms. The highest BCUT2D eigenvalue weighted by molar-refractivity contribution is 5.90. The van der Waals surface area contributed by atoms with E-state index in [0.29, 0.717) is 64.7 Å². The normalized spacial score (nSPS) is 24.1. The van der Waals surface area contributed by atoms with Crippen LogP contribution >= 0.6 is 0 Å². The summed E-state index contributed by atoms with van der Waals surface area (Å²) in [6.07, 6.45) is 2.12. The van der Waals surface area contributed by atoms with Gasteiger partial charge in [0, 0.05) is 31.7 Å². The predicted molar refractivity (Wildman–Crippen MR) is 143 cm³/mol. The lowest BCUT2D eigenvalue weighted by molar-refractivity contribution is -0.137. The molecule has 5 rings (SSSR count). The highest BCUT2D eigenvalue weighted by atomic mass is 19.4. The number of ether oxygens (including phenoxy) is 2. The van der Waals surface area contributed by atoms with Gasteiger partial charge in [-0.15, -0.1) is 10.2 Å². The van der Waals surface area contributed by atoms with Gasteiger partial charge < -0.3 is 23.9 Å². The molecule has 4 bridgehead atoms. The first-order valence-corrected chi connectivity index (χ1v) is 14.0. The van der Waals surface area contributed by atoms with Crippen molar-refractivity contribution in [3.8, 4) is 11.6 Å². The third-order valence-corrected chi connectivity index (χ3v) is 7.75. The lowest BCUT2D eigenvalue weighted by Gasteiger charge is -2.35. The molecule has 2 atom stereocenters. The van der Waals surface area contributed by atoms with Crippen molar-refractivity contribution in [2.45, 2.75) is 89.1 Å². The molecule has 0 aromatic carbocycles. The number of pyridine rings is 1. The molecule has 2 fully saturated rings. The molecule has 41 heavy (non-hydrogen) atoms. The number of carbonyl (C=O) groups is 1. The first-order chi connectivity index (χ1) is 19.3. The van der Waals surface area contributed by atoms with Crippen molar-refractivity contribution in [2.24, 2.45) is 5.92 Å². The molecular formula is C28H36F3N5O5. The van der Waals surface area contributed by atoms with E-state index in [1.165, 1.54) is 0 Å². The monoisotopic (exact) mass is 579 g/mol. The summed E-state index contributed by atoms with van der Waals surface area (Å²) in [5.74, 6) is -0.744. The van der Waals surface area contributed by atoms with Gasteiger partial charge in [0.25, 0.3) is 5.89 Å². The molecule has 3 aliphatic heterocycles. The number of aromatic nitrogens is 3. The smallest absolute Gasteiger partial charge is 0.420 e. The number of amides is 1. The number of rotatable bonds is 2. The standard InChI is InChI=1S/C28H36F3N5O5/c1-26(2,3)41-25(37)32-20-16-19(28(29,30)31)22-33-21(20)23-34-35-24(40-23)27(38,17-10-14-39-15-11-17)12-6-4-5-8-18-9-7-13-36(18)22/h4-5,16-18,38H,6-15H2,1-3H3,(H,32,37)/t18-,27?/m1/s1. The van der Waals surface area contributed by atoms with Crippen LogP contribution in [0.4, 0.5) is 29.5 Å². The average Bonchev–Trinajstić information content (AvgIpc) is 3.57. The van der Waals surface area contributed by atoms with E-state index in [0.717, 1.165) is 6.07 Å². The summed E-state index contributed by atoms with van der Waals surface area (Å²) >= 11 is 0. The van der Waals surface area contributed by atoms with E-state index in [-0.39, 0.29) is 40.9 Å². The molecule has 0 aliphatic carbocycles. The van der Waals surface area contributed by atoms with Crippen LogP contribution in [0.25, 0.3) is 11.6 Å². The lowest BCUT2D eigenvalue weighted by atomic mass is 9.78. The van der Waals surface area contributed by atoms with Crippen molar-refractivity contribution in [1.82, 2.24) is 15.2 Å². The molecule has 2 aromatic rings. The Balaban J connectivity index is 1.67. The highest BCUT2D eigenvalue weighted by Crippen LogP contribution is 2.44. The summed E-state index contributed by atoms with van der Waals surface area (Å²) in [5.41, 5.74) is -3.79. The van der Waals surface area contributed by atoms with Crippen LogP contribution < -0.4 is 10.2 Å². The number of alkyl halides is 3. The Morgan fingerprint density at radius 1 is 1.17 bits per heavy atom. The van der Waals surface area contributed by atoms with Crippen LogP contribution in [0.1, 0.15) is 77.2 Å². The molecule has 224 valence electrons. The molecule has 10 nitrogen and oxygen atoms in total. The Morgan fingerprint density at radius 2 is 1.93 bits per heavy atom. The SMILES string of the molecule is CC(C)(C)OC(=O)Nc1cc(C(F)(F)F)c2nc1-c1nnc(o1)C(O)(C1CCOCC1)CCC=CC[C@@H]1CCCN21. The van der Waals surface area contributed by atoms with Crippen LogP contribution in [-0.4, -0.2) is 57.8 Å². The fourth-order valence-corrected chi connectivity index (χ4v) is 5.79. The van der Waals surface area contributed by atoms with Gasteiger partial charge in [-0.1, -0.05) is 12.2 Å². The number of nitrogens with zero attached hydrogens (tertiary/aromatic N) is 4. The van der Waals surface area contributed by atoms with Crippen molar-refractivity contribution < 1.29 is 37.0 Å². The zero-order valence-corrected chi connectivity index (χ0v) is 23.5. The quantitative estimate of drug-likeness (QED) is 0.424. The number of nitrogens with one attached hydrogen (secondary N) is 1. The molecule has 0 saturated carbocycles. The lowest BCUT2D eigenvalue weighted by Crippen LogP contribution is -2.39. The average molecular weight is 580 g/mol. The number of hydrogen-bond acceptors (Lipinski definition) is 9.